The molecule has 2 aliphatic rings. The summed E-state index contributed by atoms with van der Waals surface area (Å²) in [5.74, 6) is -0.157. The molecule has 1 N–H and O–H groups in total. The predicted molar refractivity (Wildman–Crippen MR) is 105 cm³/mol. The van der Waals surface area contributed by atoms with Crippen molar-refractivity contribution in [2.24, 2.45) is 5.92 Å². The van der Waals surface area contributed by atoms with Crippen molar-refractivity contribution in [3.63, 3.8) is 0 Å². The van der Waals surface area contributed by atoms with E-state index in [-0.39, 0.29) is 17.7 Å². The number of carbonyl (C=O) groups excluding carboxylic acids is 2. The zero-order valence-electron chi connectivity index (χ0n) is 16.0. The predicted octanol–water partition coefficient (Wildman–Crippen LogP) is 4.23. The lowest BCUT2D eigenvalue weighted by Crippen LogP contribution is -2.29. The third kappa shape index (κ3) is 4.35. The summed E-state index contributed by atoms with van der Waals surface area (Å²) in [6.07, 6.45) is 9.38. The van der Waals surface area contributed by atoms with Crippen molar-refractivity contribution in [1.29, 1.82) is 0 Å². The van der Waals surface area contributed by atoms with Crippen LogP contribution in [0.4, 0.5) is 5.69 Å². The molecule has 1 saturated heterocycles. The van der Waals surface area contributed by atoms with Crippen LogP contribution in [0.15, 0.2) is 29.8 Å². The van der Waals surface area contributed by atoms with E-state index in [2.05, 4.69) is 18.3 Å². The van der Waals surface area contributed by atoms with Crippen LogP contribution in [0.25, 0.3) is 0 Å². The Morgan fingerprint density at radius 2 is 2.15 bits per heavy atom. The van der Waals surface area contributed by atoms with Gasteiger partial charge in [0.1, 0.15) is 0 Å². The molecule has 4 nitrogen and oxygen atoms in total. The molecule has 140 valence electrons. The summed E-state index contributed by atoms with van der Waals surface area (Å²) >= 11 is 0. The van der Waals surface area contributed by atoms with Gasteiger partial charge in [-0.25, -0.2) is 0 Å². The van der Waals surface area contributed by atoms with Crippen molar-refractivity contribution in [2.75, 3.05) is 18.4 Å². The number of likely N-dealkylation sites (tertiary alicyclic amines) is 1. The number of nitrogens with one attached hydrogen (secondary N) is 1. The summed E-state index contributed by atoms with van der Waals surface area (Å²) in [6.45, 7) is 5.40. The van der Waals surface area contributed by atoms with Gasteiger partial charge in [-0.15, -0.1) is 0 Å². The fraction of sp³-hybridized carbons (Fsp3) is 0.545. The molecular weight excluding hydrogens is 324 g/mol. The van der Waals surface area contributed by atoms with Gasteiger partial charge in [-0.3, -0.25) is 9.59 Å². The Morgan fingerprint density at radius 1 is 1.31 bits per heavy atom. The van der Waals surface area contributed by atoms with Crippen LogP contribution in [0.1, 0.15) is 56.6 Å². The molecule has 0 spiro atoms. The average molecular weight is 354 g/mol. The summed E-state index contributed by atoms with van der Waals surface area (Å²) in [7, 11) is 0. The van der Waals surface area contributed by atoms with Gasteiger partial charge in [-0.05, 0) is 56.6 Å². The number of carbonyl (C=O) groups is 2. The van der Waals surface area contributed by atoms with Gasteiger partial charge in [0.05, 0.1) is 5.92 Å². The fourth-order valence-electron chi connectivity index (χ4n) is 4.00. The SMILES string of the molecule is CCc1cccc(C)c1NC(=O)C1CC(=O)N(CCC2=CCCCC2)C1. The number of nitrogens with zero attached hydrogens (tertiary/aromatic N) is 1. The zero-order chi connectivity index (χ0) is 18.5. The van der Waals surface area contributed by atoms with Gasteiger partial charge in [-0.2, -0.15) is 0 Å². The first-order valence-electron chi connectivity index (χ1n) is 9.93. The lowest BCUT2D eigenvalue weighted by molar-refractivity contribution is -0.128. The monoisotopic (exact) mass is 354 g/mol. The second-order valence-corrected chi connectivity index (χ2v) is 7.55. The van der Waals surface area contributed by atoms with Crippen LogP contribution < -0.4 is 5.32 Å². The number of benzene rings is 1. The lowest BCUT2D eigenvalue weighted by Gasteiger charge is -2.19. The van der Waals surface area contributed by atoms with Crippen molar-refractivity contribution in [1.82, 2.24) is 4.90 Å². The largest absolute Gasteiger partial charge is 0.342 e. The van der Waals surface area contributed by atoms with Crippen LogP contribution >= 0.6 is 0 Å². The summed E-state index contributed by atoms with van der Waals surface area (Å²) < 4.78 is 0. The van der Waals surface area contributed by atoms with E-state index >= 15 is 0 Å². The molecule has 26 heavy (non-hydrogen) atoms. The molecule has 2 amide bonds. The molecule has 4 heteroatoms. The Balaban J connectivity index is 1.58. The van der Waals surface area contributed by atoms with E-state index in [1.807, 2.05) is 30.0 Å². The van der Waals surface area contributed by atoms with Gasteiger partial charge in [0.2, 0.25) is 11.8 Å². The zero-order valence-corrected chi connectivity index (χ0v) is 16.0. The number of hydrogen-bond donors (Lipinski definition) is 1. The Labute approximate surface area is 156 Å². The smallest absolute Gasteiger partial charge is 0.229 e. The maximum Gasteiger partial charge on any atom is 0.229 e. The third-order valence-corrected chi connectivity index (χ3v) is 5.66. The van der Waals surface area contributed by atoms with Crippen molar-refractivity contribution in [2.45, 2.75) is 58.8 Å². The van der Waals surface area contributed by atoms with Gasteiger partial charge < -0.3 is 10.2 Å². The molecule has 0 saturated carbocycles. The van der Waals surface area contributed by atoms with Gasteiger partial charge in [0.15, 0.2) is 0 Å². The highest BCUT2D eigenvalue weighted by Crippen LogP contribution is 2.26. The summed E-state index contributed by atoms with van der Waals surface area (Å²) in [5, 5.41) is 3.09. The molecule has 0 bridgehead atoms. The molecular formula is C22H30N2O2. The summed E-state index contributed by atoms with van der Waals surface area (Å²) in [5.41, 5.74) is 4.61. The molecule has 1 aliphatic carbocycles. The molecule has 1 fully saturated rings. The fourth-order valence-corrected chi connectivity index (χ4v) is 4.00. The number of aryl methyl sites for hydroxylation is 2. The van der Waals surface area contributed by atoms with E-state index in [1.165, 1.54) is 31.3 Å². The Bertz CT molecular complexity index is 708. The highest BCUT2D eigenvalue weighted by atomic mass is 16.2. The minimum atomic E-state index is -0.243. The van der Waals surface area contributed by atoms with E-state index in [0.29, 0.717) is 13.0 Å². The topological polar surface area (TPSA) is 49.4 Å². The van der Waals surface area contributed by atoms with Crippen LogP contribution in [0.3, 0.4) is 0 Å². The van der Waals surface area contributed by atoms with E-state index in [9.17, 15) is 9.59 Å². The quantitative estimate of drug-likeness (QED) is 0.777. The minimum absolute atomic E-state index is 0.0262. The first kappa shape index (κ1) is 18.7. The highest BCUT2D eigenvalue weighted by molar-refractivity contribution is 5.98. The molecule has 0 radical (unpaired) electrons. The molecule has 1 aromatic rings. The maximum atomic E-state index is 12.7. The maximum absolute atomic E-state index is 12.7. The molecule has 1 atom stereocenters. The standard InChI is InChI=1S/C22H30N2O2/c1-3-18-11-7-8-16(2)21(18)23-22(26)19-14-20(25)24(15-19)13-12-17-9-5-4-6-10-17/h7-9,11,19H,3-6,10,12-15H2,1-2H3,(H,23,26). The molecule has 1 unspecified atom stereocenters. The number of rotatable bonds is 6. The van der Waals surface area contributed by atoms with Gasteiger partial charge in [0.25, 0.3) is 0 Å². The second kappa shape index (κ2) is 8.52. The van der Waals surface area contributed by atoms with Crippen molar-refractivity contribution >= 4 is 17.5 Å². The van der Waals surface area contributed by atoms with Crippen molar-refractivity contribution in [3.05, 3.63) is 41.0 Å². The van der Waals surface area contributed by atoms with E-state index in [1.54, 1.807) is 0 Å². The van der Waals surface area contributed by atoms with Crippen LogP contribution in [0.2, 0.25) is 0 Å². The van der Waals surface area contributed by atoms with Crippen LogP contribution in [-0.2, 0) is 16.0 Å². The molecule has 3 rings (SSSR count). The van der Waals surface area contributed by atoms with Gasteiger partial charge in [-0.1, -0.05) is 36.8 Å². The molecule has 1 aliphatic heterocycles. The first-order chi connectivity index (χ1) is 12.6. The van der Waals surface area contributed by atoms with Gasteiger partial charge >= 0.3 is 0 Å². The van der Waals surface area contributed by atoms with Crippen molar-refractivity contribution in [3.8, 4) is 0 Å². The van der Waals surface area contributed by atoms with Gasteiger partial charge in [0, 0.05) is 25.2 Å². The van der Waals surface area contributed by atoms with E-state index < -0.39 is 0 Å². The van der Waals surface area contributed by atoms with Crippen LogP contribution in [0.5, 0.6) is 0 Å². The third-order valence-electron chi connectivity index (χ3n) is 5.66. The van der Waals surface area contributed by atoms with Crippen LogP contribution in [0, 0.1) is 12.8 Å². The molecule has 1 heterocycles. The summed E-state index contributed by atoms with van der Waals surface area (Å²) in [6, 6.07) is 6.08. The number of hydrogen-bond acceptors (Lipinski definition) is 2. The number of para-hydroxylation sites is 1. The number of anilines is 1. The average Bonchev–Trinajstić information content (AvgIpc) is 3.03. The van der Waals surface area contributed by atoms with Crippen molar-refractivity contribution < 1.29 is 9.59 Å². The summed E-state index contributed by atoms with van der Waals surface area (Å²) in [4.78, 5) is 26.9. The Morgan fingerprint density at radius 3 is 2.88 bits per heavy atom. The van der Waals surface area contributed by atoms with E-state index in [0.717, 1.165) is 36.2 Å². The first-order valence-corrected chi connectivity index (χ1v) is 9.93. The minimum Gasteiger partial charge on any atom is -0.342 e. The highest BCUT2D eigenvalue weighted by Gasteiger charge is 2.34. The van der Waals surface area contributed by atoms with Crippen LogP contribution in [-0.4, -0.2) is 29.8 Å². The lowest BCUT2D eigenvalue weighted by atomic mass is 9.97. The Kier molecular flexibility index (Phi) is 6.12. The second-order valence-electron chi connectivity index (χ2n) is 7.55. The van der Waals surface area contributed by atoms with E-state index in [4.69, 9.17) is 0 Å². The number of allylic oxidation sites excluding steroid dienone is 1. The number of amides is 2. The molecule has 1 aromatic carbocycles. The normalized spacial score (nSPS) is 20.2. The molecule has 0 aromatic heterocycles. The Hall–Kier alpha value is -2.10.